The zero-order valence-electron chi connectivity index (χ0n) is 20.5. The van der Waals surface area contributed by atoms with Crippen molar-refractivity contribution in [1.29, 1.82) is 0 Å². The molecule has 2 rings (SSSR count). The number of nitrogens with one attached hydrogen (secondary N) is 1. The number of carbonyl (C=O) groups is 1. The van der Waals surface area contributed by atoms with Gasteiger partial charge in [-0.3, -0.25) is 19.1 Å². The molecule has 1 aromatic rings. The Morgan fingerprint density at radius 2 is 1.52 bits per heavy atom. The highest BCUT2D eigenvalue weighted by molar-refractivity contribution is 5.69. The van der Waals surface area contributed by atoms with Gasteiger partial charge < -0.3 is 9.47 Å². The lowest BCUT2D eigenvalue weighted by atomic mass is 10.0. The van der Waals surface area contributed by atoms with Crippen LogP contribution >= 0.6 is 0 Å². The van der Waals surface area contributed by atoms with Crippen LogP contribution in [0.15, 0.2) is 27.9 Å². The van der Waals surface area contributed by atoms with Gasteiger partial charge in [0.15, 0.2) is 6.23 Å². The molecule has 1 aromatic heterocycles. The number of carbonyl (C=O) groups excluding carboxylic acids is 1. The van der Waals surface area contributed by atoms with Crippen molar-refractivity contribution in [2.24, 2.45) is 0 Å². The summed E-state index contributed by atoms with van der Waals surface area (Å²) in [7, 11) is 0. The SMILES string of the molecule is CCCCCCCCCCCCCCCC(=O)OCC1C=CC(n2cc(C)c(=O)[nH]c2=O)O1. The number of aromatic nitrogens is 2. The number of hydrogen-bond acceptors (Lipinski definition) is 5. The van der Waals surface area contributed by atoms with Gasteiger partial charge in [0.2, 0.25) is 0 Å². The third-order valence-corrected chi connectivity index (χ3v) is 6.12. The molecule has 7 nitrogen and oxygen atoms in total. The molecule has 1 aliphatic heterocycles. The van der Waals surface area contributed by atoms with Crippen LogP contribution in [-0.2, 0) is 14.3 Å². The van der Waals surface area contributed by atoms with Gasteiger partial charge in [0.05, 0.1) is 0 Å². The Kier molecular flexibility index (Phi) is 12.8. The average molecular weight is 463 g/mol. The first-order chi connectivity index (χ1) is 16.0. The fraction of sp³-hybridized carbons (Fsp3) is 0.731. The summed E-state index contributed by atoms with van der Waals surface area (Å²) in [6.07, 6.45) is 20.9. The number of aromatic amines is 1. The molecule has 2 atom stereocenters. The molecule has 0 amide bonds. The van der Waals surface area contributed by atoms with Crippen molar-refractivity contribution in [3.63, 3.8) is 0 Å². The highest BCUT2D eigenvalue weighted by Crippen LogP contribution is 2.20. The summed E-state index contributed by atoms with van der Waals surface area (Å²) in [6, 6.07) is 0. The molecule has 33 heavy (non-hydrogen) atoms. The van der Waals surface area contributed by atoms with Gasteiger partial charge in [-0.05, 0) is 19.4 Å². The van der Waals surface area contributed by atoms with E-state index in [1.807, 2.05) is 0 Å². The van der Waals surface area contributed by atoms with Gasteiger partial charge in [-0.15, -0.1) is 0 Å². The number of H-pyrrole nitrogens is 1. The Morgan fingerprint density at radius 1 is 0.939 bits per heavy atom. The van der Waals surface area contributed by atoms with Gasteiger partial charge in [0, 0.05) is 18.2 Å². The molecule has 0 saturated heterocycles. The molecular formula is C26H42N2O5. The minimum absolute atomic E-state index is 0.126. The summed E-state index contributed by atoms with van der Waals surface area (Å²) in [5.74, 6) is -0.212. The zero-order chi connectivity index (χ0) is 23.9. The van der Waals surface area contributed by atoms with Gasteiger partial charge >= 0.3 is 11.7 Å². The molecule has 1 aliphatic rings. The van der Waals surface area contributed by atoms with Gasteiger partial charge in [0.1, 0.15) is 12.7 Å². The summed E-state index contributed by atoms with van der Waals surface area (Å²) in [4.78, 5) is 37.7. The predicted octanol–water partition coefficient (Wildman–Crippen LogP) is 5.32. The van der Waals surface area contributed by atoms with Crippen molar-refractivity contribution >= 4 is 5.97 Å². The predicted molar refractivity (Wildman–Crippen MR) is 130 cm³/mol. The monoisotopic (exact) mass is 462 g/mol. The first kappa shape index (κ1) is 27.1. The number of ether oxygens (including phenoxy) is 2. The third kappa shape index (κ3) is 10.5. The molecule has 186 valence electrons. The number of hydrogen-bond donors (Lipinski definition) is 1. The molecule has 1 N–H and O–H groups in total. The molecule has 7 heteroatoms. The molecule has 0 aromatic carbocycles. The smallest absolute Gasteiger partial charge is 0.330 e. The fourth-order valence-electron chi connectivity index (χ4n) is 4.05. The van der Waals surface area contributed by atoms with Crippen LogP contribution in [0.25, 0.3) is 0 Å². The van der Waals surface area contributed by atoms with E-state index in [2.05, 4.69) is 11.9 Å². The second kappa shape index (κ2) is 15.6. The number of unbranched alkanes of at least 4 members (excludes halogenated alkanes) is 12. The zero-order valence-corrected chi connectivity index (χ0v) is 20.5. The average Bonchev–Trinajstić information content (AvgIpc) is 3.26. The quantitative estimate of drug-likeness (QED) is 0.192. The minimum atomic E-state index is -0.613. The minimum Gasteiger partial charge on any atom is -0.463 e. The second-order valence-corrected chi connectivity index (χ2v) is 9.10. The summed E-state index contributed by atoms with van der Waals surface area (Å²) < 4.78 is 12.4. The Hall–Kier alpha value is -2.15. The second-order valence-electron chi connectivity index (χ2n) is 9.10. The Balaban J connectivity index is 1.46. The lowest BCUT2D eigenvalue weighted by Crippen LogP contribution is -2.33. The van der Waals surface area contributed by atoms with Crippen LogP contribution in [0.4, 0.5) is 0 Å². The molecule has 0 bridgehead atoms. The maximum atomic E-state index is 12.0. The molecule has 0 fully saturated rings. The number of esters is 1. The van der Waals surface area contributed by atoms with Crippen LogP contribution in [0.5, 0.6) is 0 Å². The topological polar surface area (TPSA) is 90.4 Å². The normalized spacial score (nSPS) is 17.5. The van der Waals surface area contributed by atoms with Crippen molar-refractivity contribution in [3.05, 3.63) is 44.8 Å². The molecule has 2 unspecified atom stereocenters. The van der Waals surface area contributed by atoms with Crippen LogP contribution in [0, 0.1) is 6.92 Å². The molecule has 0 aliphatic carbocycles. The van der Waals surface area contributed by atoms with Crippen LogP contribution in [0.3, 0.4) is 0 Å². The van der Waals surface area contributed by atoms with E-state index in [1.54, 1.807) is 19.1 Å². The number of aryl methyl sites for hydroxylation is 1. The van der Waals surface area contributed by atoms with Gasteiger partial charge in [-0.2, -0.15) is 0 Å². The molecule has 0 radical (unpaired) electrons. The summed E-state index contributed by atoms with van der Waals surface area (Å²) in [6.45, 7) is 4.01. The van der Waals surface area contributed by atoms with Crippen LogP contribution < -0.4 is 11.2 Å². The molecule has 0 spiro atoms. The highest BCUT2D eigenvalue weighted by Gasteiger charge is 2.23. The van der Waals surface area contributed by atoms with Crippen LogP contribution in [-0.4, -0.2) is 28.2 Å². The Labute approximate surface area is 197 Å². The molecular weight excluding hydrogens is 420 g/mol. The van der Waals surface area contributed by atoms with Crippen molar-refractivity contribution in [2.45, 2.75) is 116 Å². The van der Waals surface area contributed by atoms with Gasteiger partial charge in [-0.25, -0.2) is 4.79 Å². The van der Waals surface area contributed by atoms with E-state index in [0.29, 0.717) is 12.0 Å². The maximum Gasteiger partial charge on any atom is 0.330 e. The van der Waals surface area contributed by atoms with E-state index < -0.39 is 23.6 Å². The Bertz CT molecular complexity index is 842. The van der Waals surface area contributed by atoms with Gasteiger partial charge in [0.25, 0.3) is 5.56 Å². The van der Waals surface area contributed by atoms with Gasteiger partial charge in [-0.1, -0.05) is 90.0 Å². The van der Waals surface area contributed by atoms with Crippen molar-refractivity contribution in [1.82, 2.24) is 9.55 Å². The fourth-order valence-corrected chi connectivity index (χ4v) is 4.05. The summed E-state index contributed by atoms with van der Waals surface area (Å²) in [5.41, 5.74) is -0.503. The lowest BCUT2D eigenvalue weighted by Gasteiger charge is -2.16. The maximum absolute atomic E-state index is 12.0. The van der Waals surface area contributed by atoms with Crippen LogP contribution in [0.2, 0.25) is 0 Å². The Morgan fingerprint density at radius 3 is 2.12 bits per heavy atom. The van der Waals surface area contributed by atoms with Crippen molar-refractivity contribution in [2.75, 3.05) is 6.61 Å². The van der Waals surface area contributed by atoms with Crippen LogP contribution in [0.1, 0.15) is 109 Å². The van der Waals surface area contributed by atoms with E-state index in [9.17, 15) is 14.4 Å². The van der Waals surface area contributed by atoms with Crippen molar-refractivity contribution in [3.8, 4) is 0 Å². The number of nitrogens with zero attached hydrogens (tertiary/aromatic N) is 1. The van der Waals surface area contributed by atoms with Crippen molar-refractivity contribution < 1.29 is 14.3 Å². The summed E-state index contributed by atoms with van der Waals surface area (Å²) >= 11 is 0. The third-order valence-electron chi connectivity index (χ3n) is 6.12. The first-order valence-corrected chi connectivity index (χ1v) is 12.8. The summed E-state index contributed by atoms with van der Waals surface area (Å²) in [5, 5.41) is 0. The van der Waals surface area contributed by atoms with E-state index >= 15 is 0 Å². The van der Waals surface area contributed by atoms with E-state index in [0.717, 1.165) is 12.8 Å². The molecule has 0 saturated carbocycles. The highest BCUT2D eigenvalue weighted by atomic mass is 16.6. The standard InChI is InChI=1S/C26H42N2O5/c1-3-4-5-6-7-8-9-10-11-12-13-14-15-16-24(29)32-20-22-17-18-23(33-22)28-19-21(2)25(30)27-26(28)31/h17-19,22-23H,3-16,20H2,1-2H3,(H,27,30,31). The van der Waals surface area contributed by atoms with E-state index in [-0.39, 0.29) is 12.6 Å². The first-order valence-electron chi connectivity index (χ1n) is 12.8. The molecule has 2 heterocycles. The largest absolute Gasteiger partial charge is 0.463 e. The van der Waals surface area contributed by atoms with E-state index in [4.69, 9.17) is 9.47 Å². The number of rotatable bonds is 17. The van der Waals surface area contributed by atoms with E-state index in [1.165, 1.54) is 81.4 Å². The lowest BCUT2D eigenvalue weighted by molar-refractivity contribution is -0.147.